The third kappa shape index (κ3) is 7.59. The Hall–Kier alpha value is -1.38. The van der Waals surface area contributed by atoms with Crippen LogP contribution in [-0.4, -0.2) is 13.6 Å². The topological polar surface area (TPSA) is 78.3 Å². The van der Waals surface area contributed by atoms with E-state index in [1.54, 1.807) is 48.1 Å². The van der Waals surface area contributed by atoms with Gasteiger partial charge in [0.1, 0.15) is 5.76 Å². The van der Waals surface area contributed by atoms with E-state index in [1.165, 1.54) is 12.2 Å². The summed E-state index contributed by atoms with van der Waals surface area (Å²) in [6, 6.07) is 0. The predicted octanol–water partition coefficient (Wildman–Crippen LogP) is 2.50. The van der Waals surface area contributed by atoms with Gasteiger partial charge in [-0.1, -0.05) is 71.2 Å². The number of aliphatic hydroxyl groups is 1. The summed E-state index contributed by atoms with van der Waals surface area (Å²) in [4.78, 5) is 27.9. The standard InChI is InChI=1S/C20H21N3O3S.2C2H6.Rb/c1-5-9-13(10-6-2)18-17-15(23(27)20(26)21-19(17)25)12-22(18)14(8-4)16(24)11-7-3;2*1-2;/h5-12,27H,1,4H2,2-3H3,(H2,21,24,25,26);2*1-2H3;/q;;;+1/p-1/b10-6-,11-7-,13-9+,16-14-;;;. The fourth-order valence-electron chi connectivity index (χ4n) is 2.72. The SMILES string of the molecule is C=C/C=C(\C=C/C)c1c2c(=O)[n-]c(=O)n(S)c2cn1/C(C=C)=C(O)/C=C\C.CC.CC.[Rb+]. The Bertz CT molecular complexity index is 1150. The smallest absolute Gasteiger partial charge is 0.506 e. The molecule has 0 spiro atoms. The van der Waals surface area contributed by atoms with Crippen LogP contribution in [-0.2, 0) is 0 Å². The maximum absolute atomic E-state index is 12.5. The number of thiol groups is 1. The second kappa shape index (κ2) is 17.1. The first-order chi connectivity index (χ1) is 14.9. The van der Waals surface area contributed by atoms with Crippen LogP contribution < -0.4 is 74.4 Å². The van der Waals surface area contributed by atoms with Crippen LogP contribution >= 0.6 is 12.8 Å². The molecule has 0 unspecified atom stereocenters. The van der Waals surface area contributed by atoms with E-state index >= 15 is 0 Å². The van der Waals surface area contributed by atoms with Crippen LogP contribution in [0.15, 0.2) is 77.2 Å². The Morgan fingerprint density at radius 1 is 1.09 bits per heavy atom. The number of hydrogen-bond acceptors (Lipinski definition) is 4. The van der Waals surface area contributed by atoms with Crippen LogP contribution in [0.3, 0.4) is 0 Å². The van der Waals surface area contributed by atoms with E-state index in [4.69, 9.17) is 0 Å². The van der Waals surface area contributed by atoms with Gasteiger partial charge in [0.2, 0.25) is 0 Å². The minimum atomic E-state index is -0.776. The van der Waals surface area contributed by atoms with Gasteiger partial charge in [-0.3, -0.25) is 9.59 Å². The van der Waals surface area contributed by atoms with Crippen molar-refractivity contribution in [1.29, 1.82) is 0 Å². The van der Waals surface area contributed by atoms with E-state index in [9.17, 15) is 14.7 Å². The Labute approximate surface area is 244 Å². The molecule has 2 heterocycles. The second-order valence-corrected chi connectivity index (χ2v) is 5.85. The first-order valence-corrected chi connectivity index (χ1v) is 10.5. The van der Waals surface area contributed by atoms with Crippen molar-refractivity contribution in [3.8, 4) is 0 Å². The van der Waals surface area contributed by atoms with E-state index in [-0.39, 0.29) is 74.8 Å². The minimum absolute atomic E-state index is 0. The van der Waals surface area contributed by atoms with Crippen LogP contribution in [0.2, 0.25) is 0 Å². The number of allylic oxidation sites excluding steroid dienone is 9. The second-order valence-electron chi connectivity index (χ2n) is 5.45. The Balaban J connectivity index is 0. The Morgan fingerprint density at radius 2 is 1.66 bits per heavy atom. The summed E-state index contributed by atoms with van der Waals surface area (Å²) in [6.07, 6.45) is 13.1. The van der Waals surface area contributed by atoms with Gasteiger partial charge >= 0.3 is 58.2 Å². The van der Waals surface area contributed by atoms with Crippen molar-refractivity contribution >= 4 is 35.0 Å². The van der Waals surface area contributed by atoms with Gasteiger partial charge in [-0.2, -0.15) is 12.8 Å². The molecule has 0 fully saturated rings. The molecule has 168 valence electrons. The third-order valence-corrected chi connectivity index (χ3v) is 4.15. The summed E-state index contributed by atoms with van der Waals surface area (Å²) < 4.78 is 2.57. The van der Waals surface area contributed by atoms with Crippen molar-refractivity contribution in [2.24, 2.45) is 0 Å². The fraction of sp³-hybridized carbons (Fsp3) is 0.250. The zero-order chi connectivity index (χ0) is 24.1. The fourth-order valence-corrected chi connectivity index (χ4v) is 2.92. The van der Waals surface area contributed by atoms with Crippen LogP contribution in [0.1, 0.15) is 47.2 Å². The predicted molar refractivity (Wildman–Crippen MR) is 137 cm³/mol. The zero-order valence-electron chi connectivity index (χ0n) is 20.1. The summed E-state index contributed by atoms with van der Waals surface area (Å²) in [5.74, 6) is -0.0547. The molecule has 0 atom stereocenters. The number of hydrogen-bond donors (Lipinski definition) is 2. The molecular weight excluding hydrogens is 496 g/mol. The first kappa shape index (κ1) is 32.8. The number of aliphatic hydroxyl groups excluding tert-OH is 1. The largest absolute Gasteiger partial charge is 1.00 e. The van der Waals surface area contributed by atoms with E-state index in [0.29, 0.717) is 17.0 Å². The van der Waals surface area contributed by atoms with Gasteiger partial charge in [-0.05, 0) is 37.1 Å². The van der Waals surface area contributed by atoms with E-state index in [1.807, 2.05) is 34.6 Å². The van der Waals surface area contributed by atoms with Crippen molar-refractivity contribution < 1.29 is 63.3 Å². The molecule has 0 aliphatic rings. The molecule has 32 heavy (non-hydrogen) atoms. The van der Waals surface area contributed by atoms with E-state index in [2.05, 4.69) is 31.0 Å². The molecule has 0 saturated heterocycles. The molecule has 0 bridgehead atoms. The molecule has 2 rings (SSSR count). The van der Waals surface area contributed by atoms with Crippen molar-refractivity contribution in [2.45, 2.75) is 41.5 Å². The minimum Gasteiger partial charge on any atom is -0.506 e. The Kier molecular flexibility index (Phi) is 17.6. The van der Waals surface area contributed by atoms with E-state index in [0.717, 1.165) is 3.97 Å². The van der Waals surface area contributed by atoms with Crippen molar-refractivity contribution in [1.82, 2.24) is 13.5 Å². The van der Waals surface area contributed by atoms with Gasteiger partial charge in [0.15, 0.2) is 11.2 Å². The summed E-state index contributed by atoms with van der Waals surface area (Å²) in [6.45, 7) is 19.1. The molecule has 6 nitrogen and oxygen atoms in total. The van der Waals surface area contributed by atoms with Crippen LogP contribution in [0.5, 0.6) is 0 Å². The maximum atomic E-state index is 12.5. The number of aromatic nitrogens is 3. The third-order valence-electron chi connectivity index (χ3n) is 3.76. The zero-order valence-corrected chi connectivity index (χ0v) is 25.9. The van der Waals surface area contributed by atoms with Crippen LogP contribution in [0.25, 0.3) is 22.2 Å². The summed E-state index contributed by atoms with van der Waals surface area (Å²) in [7, 11) is 0. The van der Waals surface area contributed by atoms with Crippen molar-refractivity contribution in [3.05, 3.63) is 94.2 Å². The summed E-state index contributed by atoms with van der Waals surface area (Å²) in [5.41, 5.74) is 0.226. The molecule has 0 radical (unpaired) electrons. The summed E-state index contributed by atoms with van der Waals surface area (Å²) in [5, 5.41) is 10.6. The Morgan fingerprint density at radius 3 is 2.12 bits per heavy atom. The molecule has 0 aromatic carbocycles. The molecule has 0 aliphatic carbocycles. The van der Waals surface area contributed by atoms with E-state index < -0.39 is 11.2 Å². The van der Waals surface area contributed by atoms with Gasteiger partial charge in [0.25, 0.3) is 0 Å². The number of fused-ring (bicyclic) bond motifs is 1. The van der Waals surface area contributed by atoms with Gasteiger partial charge in [0, 0.05) is 11.6 Å². The quantitative estimate of drug-likeness (QED) is 0.344. The monoisotopic (exact) mass is 527 g/mol. The average Bonchev–Trinajstić information content (AvgIpc) is 3.16. The first-order valence-electron chi connectivity index (χ1n) is 10.1. The van der Waals surface area contributed by atoms with Gasteiger partial charge < -0.3 is 18.6 Å². The van der Waals surface area contributed by atoms with Crippen molar-refractivity contribution in [3.63, 3.8) is 0 Å². The molecule has 0 saturated carbocycles. The van der Waals surface area contributed by atoms with Gasteiger partial charge in [0.05, 0.1) is 11.4 Å². The van der Waals surface area contributed by atoms with Crippen LogP contribution in [0.4, 0.5) is 0 Å². The van der Waals surface area contributed by atoms with Gasteiger partial charge in [-0.25, -0.2) is 0 Å². The maximum Gasteiger partial charge on any atom is 1.00 e. The average molecular weight is 528 g/mol. The number of rotatable bonds is 6. The molecule has 0 aliphatic heterocycles. The van der Waals surface area contributed by atoms with Crippen LogP contribution in [0, 0.1) is 0 Å². The molecule has 2 aromatic heterocycles. The molecule has 8 heteroatoms. The number of nitrogens with zero attached hydrogens (tertiary/aromatic N) is 3. The molecule has 2 aromatic rings. The summed E-state index contributed by atoms with van der Waals surface area (Å²) >= 11 is 4.15. The van der Waals surface area contributed by atoms with Gasteiger partial charge in [-0.15, -0.1) is 0 Å². The normalized spacial score (nSPS) is 11.8. The molecule has 0 amide bonds. The molecular formula is C24H32N3O3RbS. The van der Waals surface area contributed by atoms with Crippen molar-refractivity contribution in [2.75, 3.05) is 0 Å². The molecule has 1 N–H and O–H groups in total.